The minimum absolute atomic E-state index is 0.322. The smallest absolute Gasteiger partial charge is 0.320 e. The first-order valence-electron chi connectivity index (χ1n) is 2.39. The van der Waals surface area contributed by atoms with E-state index in [0.717, 1.165) is 0 Å². The summed E-state index contributed by atoms with van der Waals surface area (Å²) in [4.78, 5) is 9.80. The predicted molar refractivity (Wildman–Crippen MR) is 27.8 cm³/mol. The molecule has 5 nitrogen and oxygen atoms in total. The van der Waals surface area contributed by atoms with E-state index in [1.807, 2.05) is 0 Å². The minimum atomic E-state index is -1.18. The number of aliphatic hydroxyl groups is 1. The zero-order chi connectivity index (χ0) is 7.44. The van der Waals surface area contributed by atoms with Gasteiger partial charge in [0.15, 0.2) is 0 Å². The van der Waals surface area contributed by atoms with Crippen molar-refractivity contribution in [2.45, 2.75) is 13.2 Å². The Morgan fingerprint density at radius 1 is 1.78 bits per heavy atom. The maximum atomic E-state index is 9.80. The van der Waals surface area contributed by atoms with Crippen molar-refractivity contribution in [2.75, 3.05) is 6.54 Å². The molecule has 0 heterocycles. The van der Waals surface area contributed by atoms with Crippen molar-refractivity contribution in [3.8, 4) is 0 Å². The number of nitrogens with zero attached hydrogens (tertiary/aromatic N) is 1. The number of rotatable bonds is 3. The molecule has 0 saturated heterocycles. The van der Waals surface area contributed by atoms with Crippen molar-refractivity contribution < 1.29 is 20.2 Å². The molecule has 0 bridgehead atoms. The highest BCUT2D eigenvalue weighted by atomic mass is 16.5. The van der Waals surface area contributed by atoms with Gasteiger partial charge in [0.2, 0.25) is 0 Å². The van der Waals surface area contributed by atoms with Crippen molar-refractivity contribution in [2.24, 2.45) is 0 Å². The summed E-state index contributed by atoms with van der Waals surface area (Å²) >= 11 is 0. The second-order valence-corrected chi connectivity index (χ2v) is 1.62. The quantitative estimate of drug-likeness (QED) is 0.345. The van der Waals surface area contributed by atoms with Gasteiger partial charge in [0.25, 0.3) is 0 Å². The zero-order valence-corrected chi connectivity index (χ0v) is 4.98. The SMILES string of the molecule is CC(O)N(O)CC(=O)O. The van der Waals surface area contributed by atoms with Crippen LogP contribution in [0.15, 0.2) is 0 Å². The van der Waals surface area contributed by atoms with Crippen LogP contribution >= 0.6 is 0 Å². The molecule has 5 heteroatoms. The lowest BCUT2D eigenvalue weighted by Crippen LogP contribution is -2.33. The fraction of sp³-hybridized carbons (Fsp3) is 0.750. The van der Waals surface area contributed by atoms with Gasteiger partial charge in [0, 0.05) is 0 Å². The van der Waals surface area contributed by atoms with E-state index in [0.29, 0.717) is 5.06 Å². The summed E-state index contributed by atoms with van der Waals surface area (Å²) in [6.45, 7) is 0.695. The molecule has 0 aliphatic heterocycles. The minimum Gasteiger partial charge on any atom is -0.480 e. The Kier molecular flexibility index (Phi) is 3.15. The summed E-state index contributed by atoms with van der Waals surface area (Å²) in [6, 6.07) is 0. The molecule has 0 aromatic rings. The zero-order valence-electron chi connectivity index (χ0n) is 4.98. The second-order valence-electron chi connectivity index (χ2n) is 1.62. The number of carboxylic acid groups (broad SMARTS) is 1. The van der Waals surface area contributed by atoms with Crippen LogP contribution in [0.5, 0.6) is 0 Å². The lowest BCUT2D eigenvalue weighted by molar-refractivity contribution is -0.197. The number of hydrogen-bond donors (Lipinski definition) is 3. The Morgan fingerprint density at radius 2 is 2.22 bits per heavy atom. The average Bonchev–Trinajstić information content (AvgIpc) is 1.63. The molecular formula is C4H9NO4. The summed E-state index contributed by atoms with van der Waals surface area (Å²) in [5, 5.41) is 25.3. The molecule has 0 saturated carbocycles. The molecule has 0 aliphatic rings. The van der Waals surface area contributed by atoms with Gasteiger partial charge < -0.3 is 15.4 Å². The molecule has 0 aromatic carbocycles. The first-order chi connectivity index (χ1) is 4.04. The fourth-order valence-electron chi connectivity index (χ4n) is 0.271. The van der Waals surface area contributed by atoms with Gasteiger partial charge in [-0.3, -0.25) is 4.79 Å². The number of aliphatic hydroxyl groups excluding tert-OH is 1. The Bertz CT molecular complexity index is 103. The van der Waals surface area contributed by atoms with Gasteiger partial charge in [-0.2, -0.15) is 5.06 Å². The third kappa shape index (κ3) is 3.89. The van der Waals surface area contributed by atoms with E-state index in [4.69, 9.17) is 15.4 Å². The van der Waals surface area contributed by atoms with E-state index in [9.17, 15) is 4.79 Å². The third-order valence-electron chi connectivity index (χ3n) is 0.729. The number of hydroxylamine groups is 2. The Morgan fingerprint density at radius 3 is 2.33 bits per heavy atom. The predicted octanol–water partition coefficient (Wildman–Crippen LogP) is -0.900. The van der Waals surface area contributed by atoms with Gasteiger partial charge in [-0.25, -0.2) is 0 Å². The molecule has 0 fully saturated rings. The van der Waals surface area contributed by atoms with Crippen molar-refractivity contribution in [1.82, 2.24) is 5.06 Å². The van der Waals surface area contributed by atoms with Crippen LogP contribution < -0.4 is 0 Å². The summed E-state index contributed by atoms with van der Waals surface area (Å²) in [5.41, 5.74) is 0. The van der Waals surface area contributed by atoms with Gasteiger partial charge in [0.05, 0.1) is 0 Å². The maximum absolute atomic E-state index is 9.80. The summed E-state index contributed by atoms with van der Waals surface area (Å²) in [6.07, 6.45) is -1.14. The normalized spacial score (nSPS) is 13.8. The summed E-state index contributed by atoms with van der Waals surface area (Å²) in [7, 11) is 0. The first-order valence-corrected chi connectivity index (χ1v) is 2.39. The highest BCUT2D eigenvalue weighted by molar-refractivity contribution is 5.68. The van der Waals surface area contributed by atoms with Crippen LogP contribution in [0.4, 0.5) is 0 Å². The highest BCUT2D eigenvalue weighted by Gasteiger charge is 2.09. The monoisotopic (exact) mass is 135 g/mol. The number of carboxylic acids is 1. The van der Waals surface area contributed by atoms with Crippen LogP contribution in [0.2, 0.25) is 0 Å². The first kappa shape index (κ1) is 8.35. The van der Waals surface area contributed by atoms with Crippen LogP contribution in [-0.2, 0) is 4.79 Å². The number of hydrogen-bond acceptors (Lipinski definition) is 4. The average molecular weight is 135 g/mol. The van der Waals surface area contributed by atoms with Crippen LogP contribution in [0, 0.1) is 0 Å². The molecule has 54 valence electrons. The molecule has 0 radical (unpaired) electrons. The molecular weight excluding hydrogens is 126 g/mol. The van der Waals surface area contributed by atoms with Crippen molar-refractivity contribution in [3.63, 3.8) is 0 Å². The van der Waals surface area contributed by atoms with Gasteiger partial charge in [-0.15, -0.1) is 0 Å². The van der Waals surface area contributed by atoms with E-state index in [2.05, 4.69) is 0 Å². The summed E-state index contributed by atoms with van der Waals surface area (Å²) in [5.74, 6) is -1.18. The standard InChI is InChI=1S/C4H9NO4/c1-3(6)5(9)2-4(7)8/h3,6,9H,2H2,1H3,(H,7,8). The Balaban J connectivity index is 3.50. The van der Waals surface area contributed by atoms with E-state index in [1.54, 1.807) is 0 Å². The Hall–Kier alpha value is -0.650. The highest BCUT2D eigenvalue weighted by Crippen LogP contribution is 1.87. The lowest BCUT2D eigenvalue weighted by Gasteiger charge is -2.13. The fourth-order valence-corrected chi connectivity index (χ4v) is 0.271. The van der Waals surface area contributed by atoms with E-state index >= 15 is 0 Å². The molecule has 1 unspecified atom stereocenters. The van der Waals surface area contributed by atoms with Crippen LogP contribution in [0.3, 0.4) is 0 Å². The van der Waals surface area contributed by atoms with E-state index < -0.39 is 18.7 Å². The van der Waals surface area contributed by atoms with Gasteiger partial charge in [0.1, 0.15) is 12.8 Å². The molecule has 3 N–H and O–H groups in total. The third-order valence-corrected chi connectivity index (χ3v) is 0.729. The maximum Gasteiger partial charge on any atom is 0.320 e. The topological polar surface area (TPSA) is 81.0 Å². The molecule has 0 spiro atoms. The largest absolute Gasteiger partial charge is 0.480 e. The number of carbonyl (C=O) groups is 1. The van der Waals surface area contributed by atoms with E-state index in [-0.39, 0.29) is 0 Å². The van der Waals surface area contributed by atoms with Crippen molar-refractivity contribution in [1.29, 1.82) is 0 Å². The number of aliphatic carboxylic acids is 1. The second kappa shape index (κ2) is 3.39. The Labute approximate surface area is 52.1 Å². The molecule has 0 rings (SSSR count). The molecule has 0 amide bonds. The summed E-state index contributed by atoms with van der Waals surface area (Å²) < 4.78 is 0. The van der Waals surface area contributed by atoms with Crippen LogP contribution in [0.25, 0.3) is 0 Å². The van der Waals surface area contributed by atoms with E-state index in [1.165, 1.54) is 6.92 Å². The molecule has 9 heavy (non-hydrogen) atoms. The van der Waals surface area contributed by atoms with Gasteiger partial charge in [-0.05, 0) is 6.92 Å². The molecule has 0 aromatic heterocycles. The van der Waals surface area contributed by atoms with Crippen molar-refractivity contribution in [3.05, 3.63) is 0 Å². The van der Waals surface area contributed by atoms with Gasteiger partial charge >= 0.3 is 5.97 Å². The molecule has 1 atom stereocenters. The van der Waals surface area contributed by atoms with Crippen LogP contribution in [0.1, 0.15) is 6.92 Å². The van der Waals surface area contributed by atoms with Crippen molar-refractivity contribution >= 4 is 5.97 Å². The van der Waals surface area contributed by atoms with Gasteiger partial charge in [-0.1, -0.05) is 0 Å². The lowest BCUT2D eigenvalue weighted by atomic mass is 10.5. The van der Waals surface area contributed by atoms with Crippen LogP contribution in [-0.4, -0.2) is 39.2 Å². The molecule has 0 aliphatic carbocycles.